The number of fused-ring (bicyclic) bond motifs is 1. The first kappa shape index (κ1) is 21.8. The molecule has 3 aromatic rings. The van der Waals surface area contributed by atoms with Gasteiger partial charge in [0.2, 0.25) is 5.88 Å². The van der Waals surface area contributed by atoms with E-state index in [-0.39, 0.29) is 18.5 Å². The van der Waals surface area contributed by atoms with Gasteiger partial charge in [0.05, 0.1) is 18.0 Å². The van der Waals surface area contributed by atoms with Crippen LogP contribution in [0.25, 0.3) is 5.69 Å². The van der Waals surface area contributed by atoms with Gasteiger partial charge >= 0.3 is 6.18 Å². The monoisotopic (exact) mass is 460 g/mol. The largest absolute Gasteiger partial charge is 0.476 e. The molecule has 1 aliphatic heterocycles. The Bertz CT molecular complexity index is 1120. The summed E-state index contributed by atoms with van der Waals surface area (Å²) in [5.41, 5.74) is 0.917. The van der Waals surface area contributed by atoms with E-state index in [4.69, 9.17) is 4.74 Å². The van der Waals surface area contributed by atoms with Gasteiger partial charge in [0.1, 0.15) is 18.0 Å². The summed E-state index contributed by atoms with van der Waals surface area (Å²) in [7, 11) is 0. The predicted molar refractivity (Wildman–Crippen MR) is 110 cm³/mol. The molecule has 174 valence electrons. The maximum atomic E-state index is 13.0. The third-order valence-corrected chi connectivity index (χ3v) is 6.28. The molecule has 0 spiro atoms. The molecular formula is C22H23F3N6O2. The number of aliphatic hydroxyl groups excluding tert-OH is 1. The number of hydrogen-bond acceptors (Lipinski definition) is 7. The number of hydrogen-bond donors (Lipinski definition) is 1. The van der Waals surface area contributed by atoms with Crippen LogP contribution in [0.1, 0.15) is 36.0 Å². The predicted octanol–water partition coefficient (Wildman–Crippen LogP) is 3.16. The Balaban J connectivity index is 1.38. The summed E-state index contributed by atoms with van der Waals surface area (Å²) in [6.07, 6.45) is 0.508. The Morgan fingerprint density at radius 2 is 1.91 bits per heavy atom. The number of rotatable bonds is 6. The van der Waals surface area contributed by atoms with Gasteiger partial charge in [-0.15, -0.1) is 4.80 Å². The van der Waals surface area contributed by atoms with Gasteiger partial charge in [0.25, 0.3) is 0 Å². The normalized spacial score (nSPS) is 23.7. The first-order chi connectivity index (χ1) is 15.8. The summed E-state index contributed by atoms with van der Waals surface area (Å²) in [5, 5.41) is 19.7. The number of aryl methyl sites for hydroxylation is 1. The van der Waals surface area contributed by atoms with Crippen molar-refractivity contribution in [3.05, 3.63) is 59.8 Å². The number of aromatic nitrogens is 5. The molecule has 0 aromatic carbocycles. The molecular weight excluding hydrogens is 437 g/mol. The highest BCUT2D eigenvalue weighted by Gasteiger charge is 2.48. The third-order valence-electron chi connectivity index (χ3n) is 6.28. The van der Waals surface area contributed by atoms with Gasteiger partial charge in [-0.2, -0.15) is 23.4 Å². The first-order valence-electron chi connectivity index (χ1n) is 10.7. The van der Waals surface area contributed by atoms with Crippen LogP contribution in [0.15, 0.2) is 42.9 Å². The third kappa shape index (κ3) is 4.55. The number of aliphatic hydroxyl groups is 1. The zero-order valence-electron chi connectivity index (χ0n) is 17.9. The molecule has 8 nitrogen and oxygen atoms in total. The fourth-order valence-electron chi connectivity index (χ4n) is 4.46. The molecule has 0 amide bonds. The summed E-state index contributed by atoms with van der Waals surface area (Å²) < 4.78 is 44.7. The van der Waals surface area contributed by atoms with Gasteiger partial charge < -0.3 is 9.84 Å². The van der Waals surface area contributed by atoms with E-state index < -0.39 is 18.0 Å². The molecule has 2 fully saturated rings. The maximum absolute atomic E-state index is 13.0. The van der Waals surface area contributed by atoms with Crippen molar-refractivity contribution in [2.75, 3.05) is 13.2 Å². The number of nitrogens with zero attached hydrogens (tertiary/aromatic N) is 6. The summed E-state index contributed by atoms with van der Waals surface area (Å²) >= 11 is 0. The van der Waals surface area contributed by atoms with E-state index in [1.165, 1.54) is 4.80 Å². The smallest absolute Gasteiger partial charge is 0.416 e. The molecule has 1 saturated heterocycles. The van der Waals surface area contributed by atoms with Gasteiger partial charge in [-0.3, -0.25) is 9.88 Å². The molecule has 4 heterocycles. The minimum absolute atomic E-state index is 0.0905. The molecule has 33 heavy (non-hydrogen) atoms. The first-order valence-corrected chi connectivity index (χ1v) is 10.7. The van der Waals surface area contributed by atoms with E-state index in [1.807, 2.05) is 24.0 Å². The highest BCUT2D eigenvalue weighted by molar-refractivity contribution is 5.37. The number of pyridine rings is 2. The molecule has 11 heteroatoms. The Labute approximate surface area is 188 Å². The molecule has 2 aliphatic rings. The summed E-state index contributed by atoms with van der Waals surface area (Å²) in [6.45, 7) is 2.59. The lowest BCUT2D eigenvalue weighted by Crippen LogP contribution is -2.46. The number of likely N-dealkylation sites (tertiary alicyclic amines) is 1. The number of halogens is 3. The quantitative estimate of drug-likeness (QED) is 0.605. The van der Waals surface area contributed by atoms with Gasteiger partial charge in [-0.1, -0.05) is 0 Å². The van der Waals surface area contributed by atoms with Crippen molar-refractivity contribution in [1.82, 2.24) is 29.9 Å². The molecule has 5 rings (SSSR count). The van der Waals surface area contributed by atoms with Crippen LogP contribution in [0.2, 0.25) is 0 Å². The molecule has 0 radical (unpaired) electrons. The number of piperidine rings is 1. The molecule has 2 unspecified atom stereocenters. The fourth-order valence-corrected chi connectivity index (χ4v) is 4.46. The summed E-state index contributed by atoms with van der Waals surface area (Å²) in [5.74, 6) is 0.931. The van der Waals surface area contributed by atoms with Gasteiger partial charge in [-0.25, -0.2) is 4.98 Å². The lowest BCUT2D eigenvalue weighted by atomic mass is 10.0. The van der Waals surface area contributed by atoms with Crippen molar-refractivity contribution in [3.8, 4) is 11.6 Å². The van der Waals surface area contributed by atoms with Crippen molar-refractivity contribution < 1.29 is 23.0 Å². The van der Waals surface area contributed by atoms with Crippen LogP contribution in [0.5, 0.6) is 5.88 Å². The van der Waals surface area contributed by atoms with Gasteiger partial charge in [-0.05, 0) is 49.8 Å². The Hall–Kier alpha value is -3.05. The minimum Gasteiger partial charge on any atom is -0.476 e. The summed E-state index contributed by atoms with van der Waals surface area (Å²) in [4.78, 5) is 11.8. The van der Waals surface area contributed by atoms with Crippen molar-refractivity contribution >= 4 is 0 Å². The lowest BCUT2D eigenvalue weighted by molar-refractivity contribution is -0.137. The van der Waals surface area contributed by atoms with Gasteiger partial charge in [0, 0.05) is 30.5 Å². The number of alkyl halides is 3. The molecule has 1 saturated carbocycles. The van der Waals surface area contributed by atoms with Crippen LogP contribution >= 0.6 is 0 Å². The molecule has 1 aliphatic carbocycles. The molecule has 4 atom stereocenters. The maximum Gasteiger partial charge on any atom is 0.416 e. The zero-order valence-corrected chi connectivity index (χ0v) is 17.9. The second-order valence-corrected chi connectivity index (χ2v) is 8.58. The van der Waals surface area contributed by atoms with Crippen molar-refractivity contribution in [1.29, 1.82) is 0 Å². The van der Waals surface area contributed by atoms with Crippen LogP contribution < -0.4 is 4.74 Å². The van der Waals surface area contributed by atoms with Crippen LogP contribution in [0.3, 0.4) is 0 Å². The summed E-state index contributed by atoms with van der Waals surface area (Å²) in [6, 6.07) is 5.23. The Morgan fingerprint density at radius 1 is 1.12 bits per heavy atom. The fraction of sp³-hybridized carbons (Fsp3) is 0.455. The van der Waals surface area contributed by atoms with E-state index in [9.17, 15) is 18.3 Å². The average molecular weight is 460 g/mol. The van der Waals surface area contributed by atoms with Crippen LogP contribution in [0, 0.1) is 18.8 Å². The number of ether oxygens (including phenoxy) is 1. The highest BCUT2D eigenvalue weighted by Crippen LogP contribution is 2.49. The Morgan fingerprint density at radius 3 is 2.67 bits per heavy atom. The molecule has 3 aromatic heterocycles. The SMILES string of the molecule is Cc1ccc(-n2nccn2)c(C(O)N2C[C@@H]3C[C@@H]3CC2COc2cc(C(F)(F)F)ccn2)n1. The zero-order chi connectivity index (χ0) is 23.2. The Kier molecular flexibility index (Phi) is 5.53. The van der Waals surface area contributed by atoms with Crippen molar-refractivity contribution in [2.45, 2.75) is 38.2 Å². The van der Waals surface area contributed by atoms with Gasteiger partial charge in [0.15, 0.2) is 6.23 Å². The van der Waals surface area contributed by atoms with E-state index >= 15 is 0 Å². The van der Waals surface area contributed by atoms with Crippen molar-refractivity contribution in [3.63, 3.8) is 0 Å². The van der Waals surface area contributed by atoms with E-state index in [1.54, 1.807) is 12.4 Å². The topological polar surface area (TPSA) is 89.2 Å². The average Bonchev–Trinajstić information content (AvgIpc) is 3.34. The molecule has 0 bridgehead atoms. The van der Waals surface area contributed by atoms with Crippen molar-refractivity contribution in [2.24, 2.45) is 11.8 Å². The van der Waals surface area contributed by atoms with E-state index in [2.05, 4.69) is 20.2 Å². The highest BCUT2D eigenvalue weighted by atomic mass is 19.4. The van der Waals surface area contributed by atoms with E-state index in [0.29, 0.717) is 29.8 Å². The molecule has 1 N–H and O–H groups in total. The van der Waals surface area contributed by atoms with Crippen LogP contribution in [0.4, 0.5) is 13.2 Å². The minimum atomic E-state index is -4.47. The standard InChI is InChI=1S/C22H23F3N6O2/c1-13-2-3-18(31-27-6-7-28-31)20(29-13)21(32)30-11-15-8-14(15)9-17(30)12-33-19-10-16(4-5-26-19)22(23,24)25/h2-7,10,14-15,17,21,32H,8-9,11-12H2,1H3/t14-,15+,17?,21?/m1/s1. The second-order valence-electron chi connectivity index (χ2n) is 8.58. The van der Waals surface area contributed by atoms with Crippen LogP contribution in [-0.2, 0) is 6.18 Å². The second kappa shape index (κ2) is 8.38. The lowest BCUT2D eigenvalue weighted by Gasteiger charge is -2.38. The van der Waals surface area contributed by atoms with Crippen LogP contribution in [-0.4, -0.2) is 54.2 Å². The van der Waals surface area contributed by atoms with E-state index in [0.717, 1.165) is 36.9 Å².